The van der Waals surface area contributed by atoms with E-state index in [2.05, 4.69) is 0 Å². The normalized spacial score (nSPS) is 18.0. The number of aliphatic hydroxyl groups is 1. The zero-order chi connectivity index (χ0) is 21.8. The van der Waals surface area contributed by atoms with Crippen LogP contribution in [-0.4, -0.2) is 56.2 Å². The number of likely N-dealkylation sites (tertiary alicyclic amines) is 1. The molecular formula is C22H22ClNO6. The van der Waals surface area contributed by atoms with Crippen LogP contribution in [0.1, 0.15) is 17.2 Å². The SMILES string of the molecule is COCCN1C(=O)C(=O)C(=C(O)c2ccc(Cl)cc2)C1c1ccc(OC)c(OC)c1. The van der Waals surface area contributed by atoms with Gasteiger partial charge in [-0.15, -0.1) is 0 Å². The Kier molecular flexibility index (Phi) is 6.64. The van der Waals surface area contributed by atoms with Gasteiger partial charge in [0, 0.05) is 24.2 Å². The highest BCUT2D eigenvalue weighted by Crippen LogP contribution is 2.41. The summed E-state index contributed by atoms with van der Waals surface area (Å²) in [6, 6.07) is 10.7. The Morgan fingerprint density at radius 2 is 1.70 bits per heavy atom. The zero-order valence-electron chi connectivity index (χ0n) is 16.8. The van der Waals surface area contributed by atoms with Gasteiger partial charge in [0.1, 0.15) is 5.76 Å². The fourth-order valence-corrected chi connectivity index (χ4v) is 3.56. The number of ether oxygens (including phenoxy) is 3. The number of ketones is 1. The molecule has 8 heteroatoms. The number of nitrogens with zero attached hydrogens (tertiary/aromatic N) is 1. The van der Waals surface area contributed by atoms with E-state index in [4.69, 9.17) is 25.8 Å². The van der Waals surface area contributed by atoms with Gasteiger partial charge in [0.05, 0.1) is 32.4 Å². The van der Waals surface area contributed by atoms with E-state index in [1.807, 2.05) is 0 Å². The van der Waals surface area contributed by atoms with Gasteiger partial charge >= 0.3 is 0 Å². The summed E-state index contributed by atoms with van der Waals surface area (Å²) in [5, 5.41) is 11.4. The van der Waals surface area contributed by atoms with Crippen LogP contribution in [0, 0.1) is 0 Å². The Labute approximate surface area is 179 Å². The topological polar surface area (TPSA) is 85.3 Å². The highest BCUT2D eigenvalue weighted by Gasteiger charge is 2.46. The van der Waals surface area contributed by atoms with Crippen LogP contribution in [0.25, 0.3) is 5.76 Å². The lowest BCUT2D eigenvalue weighted by molar-refractivity contribution is -0.140. The quantitative estimate of drug-likeness (QED) is 0.410. The molecule has 0 bridgehead atoms. The maximum absolute atomic E-state index is 12.9. The van der Waals surface area contributed by atoms with E-state index < -0.39 is 17.7 Å². The molecule has 1 unspecified atom stereocenters. The van der Waals surface area contributed by atoms with Crippen LogP contribution in [0.5, 0.6) is 11.5 Å². The number of aliphatic hydroxyl groups excluding tert-OH is 1. The molecule has 0 saturated carbocycles. The molecule has 1 fully saturated rings. The third-order valence-electron chi connectivity index (χ3n) is 4.92. The van der Waals surface area contributed by atoms with E-state index in [-0.39, 0.29) is 24.5 Å². The van der Waals surface area contributed by atoms with Gasteiger partial charge in [-0.25, -0.2) is 0 Å². The van der Waals surface area contributed by atoms with Crippen LogP contribution in [-0.2, 0) is 14.3 Å². The van der Waals surface area contributed by atoms with Crippen LogP contribution in [0.15, 0.2) is 48.0 Å². The summed E-state index contributed by atoms with van der Waals surface area (Å²) < 4.78 is 15.7. The molecule has 7 nitrogen and oxygen atoms in total. The smallest absolute Gasteiger partial charge is 0.295 e. The number of carbonyl (C=O) groups is 2. The molecule has 2 aromatic carbocycles. The van der Waals surface area contributed by atoms with Crippen molar-refractivity contribution in [3.8, 4) is 11.5 Å². The first-order valence-electron chi connectivity index (χ1n) is 9.18. The predicted molar refractivity (Wildman–Crippen MR) is 112 cm³/mol. The van der Waals surface area contributed by atoms with Gasteiger partial charge in [0.2, 0.25) is 0 Å². The molecule has 2 aromatic rings. The number of halogens is 1. The summed E-state index contributed by atoms with van der Waals surface area (Å²) in [5.74, 6) is -0.794. The molecule has 0 radical (unpaired) electrons. The molecule has 158 valence electrons. The summed E-state index contributed by atoms with van der Waals surface area (Å²) in [6.45, 7) is 0.412. The van der Waals surface area contributed by atoms with E-state index in [0.29, 0.717) is 27.6 Å². The third kappa shape index (κ3) is 3.99. The highest BCUT2D eigenvalue weighted by atomic mass is 35.5. The Bertz CT molecular complexity index is 986. The molecule has 1 N–H and O–H groups in total. The molecule has 0 aliphatic carbocycles. The first-order chi connectivity index (χ1) is 14.4. The molecule has 1 saturated heterocycles. The maximum atomic E-state index is 12.9. The molecule has 1 aliphatic heterocycles. The first-order valence-corrected chi connectivity index (χ1v) is 9.56. The molecular weight excluding hydrogens is 410 g/mol. The molecule has 30 heavy (non-hydrogen) atoms. The number of rotatable bonds is 7. The van der Waals surface area contributed by atoms with Gasteiger partial charge in [-0.05, 0) is 42.0 Å². The molecule has 1 aliphatic rings. The lowest BCUT2D eigenvalue weighted by atomic mass is 9.95. The number of carbonyl (C=O) groups excluding carboxylic acids is 2. The van der Waals surface area contributed by atoms with Crippen molar-refractivity contribution in [3.05, 3.63) is 64.2 Å². The predicted octanol–water partition coefficient (Wildman–Crippen LogP) is 3.43. The molecule has 3 rings (SSSR count). The van der Waals surface area contributed by atoms with Crippen LogP contribution < -0.4 is 9.47 Å². The van der Waals surface area contributed by atoms with Crippen LogP contribution >= 0.6 is 11.6 Å². The van der Waals surface area contributed by atoms with Gasteiger partial charge in [-0.3, -0.25) is 9.59 Å². The number of hydrogen-bond donors (Lipinski definition) is 1. The van der Waals surface area contributed by atoms with Gasteiger partial charge < -0.3 is 24.2 Å². The second-order valence-electron chi connectivity index (χ2n) is 6.61. The first kappa shape index (κ1) is 21.7. The lowest BCUT2D eigenvalue weighted by Gasteiger charge is -2.25. The Balaban J connectivity index is 2.18. The van der Waals surface area contributed by atoms with Crippen LogP contribution in [0.3, 0.4) is 0 Å². The maximum Gasteiger partial charge on any atom is 0.295 e. The van der Waals surface area contributed by atoms with E-state index in [1.54, 1.807) is 42.5 Å². The van der Waals surface area contributed by atoms with Gasteiger partial charge in [-0.1, -0.05) is 17.7 Å². The summed E-state index contributed by atoms with van der Waals surface area (Å²) >= 11 is 5.93. The monoisotopic (exact) mass is 431 g/mol. The largest absolute Gasteiger partial charge is 0.507 e. The summed E-state index contributed by atoms with van der Waals surface area (Å²) in [4.78, 5) is 27.0. The number of benzene rings is 2. The molecule has 1 atom stereocenters. The fraction of sp³-hybridized carbons (Fsp3) is 0.273. The minimum Gasteiger partial charge on any atom is -0.507 e. The second-order valence-corrected chi connectivity index (χ2v) is 7.04. The average molecular weight is 432 g/mol. The van der Waals surface area contributed by atoms with Crippen molar-refractivity contribution in [1.29, 1.82) is 0 Å². The third-order valence-corrected chi connectivity index (χ3v) is 5.17. The molecule has 0 aromatic heterocycles. The average Bonchev–Trinajstić information content (AvgIpc) is 3.01. The zero-order valence-corrected chi connectivity index (χ0v) is 17.6. The van der Waals surface area contributed by atoms with E-state index in [1.165, 1.54) is 26.2 Å². The summed E-state index contributed by atoms with van der Waals surface area (Å²) in [5.41, 5.74) is 0.971. The summed E-state index contributed by atoms with van der Waals surface area (Å²) in [7, 11) is 4.52. The van der Waals surface area contributed by atoms with Crippen molar-refractivity contribution < 1.29 is 28.9 Å². The van der Waals surface area contributed by atoms with E-state index >= 15 is 0 Å². The van der Waals surface area contributed by atoms with Crippen molar-refractivity contribution in [3.63, 3.8) is 0 Å². The molecule has 0 spiro atoms. The number of amides is 1. The minimum atomic E-state index is -0.810. The highest BCUT2D eigenvalue weighted by molar-refractivity contribution is 6.46. The fourth-order valence-electron chi connectivity index (χ4n) is 3.43. The number of Topliss-reactive ketones (excluding diaryl/α,β-unsaturated/α-hetero) is 1. The van der Waals surface area contributed by atoms with E-state index in [9.17, 15) is 14.7 Å². The van der Waals surface area contributed by atoms with E-state index in [0.717, 1.165) is 0 Å². The number of methoxy groups -OCH3 is 3. The summed E-state index contributed by atoms with van der Waals surface area (Å²) in [6.07, 6.45) is 0. The van der Waals surface area contributed by atoms with Crippen LogP contribution in [0.4, 0.5) is 0 Å². The second kappa shape index (κ2) is 9.19. The van der Waals surface area contributed by atoms with Crippen LogP contribution in [0.2, 0.25) is 5.02 Å². The Hall–Kier alpha value is -3.03. The van der Waals surface area contributed by atoms with Crippen molar-refractivity contribution in [2.45, 2.75) is 6.04 Å². The van der Waals surface area contributed by atoms with Gasteiger partial charge in [0.15, 0.2) is 11.5 Å². The van der Waals surface area contributed by atoms with Crippen molar-refractivity contribution in [1.82, 2.24) is 4.90 Å². The lowest BCUT2D eigenvalue weighted by Crippen LogP contribution is -2.32. The van der Waals surface area contributed by atoms with Gasteiger partial charge in [0.25, 0.3) is 11.7 Å². The Morgan fingerprint density at radius 3 is 2.30 bits per heavy atom. The number of hydrogen-bond acceptors (Lipinski definition) is 6. The van der Waals surface area contributed by atoms with Crippen molar-refractivity contribution >= 4 is 29.1 Å². The Morgan fingerprint density at radius 1 is 1.03 bits per heavy atom. The molecule has 1 heterocycles. The van der Waals surface area contributed by atoms with Crippen molar-refractivity contribution in [2.24, 2.45) is 0 Å². The van der Waals surface area contributed by atoms with Crippen molar-refractivity contribution in [2.75, 3.05) is 34.5 Å². The molecule has 1 amide bonds. The minimum absolute atomic E-state index is 0.00866. The van der Waals surface area contributed by atoms with Gasteiger partial charge in [-0.2, -0.15) is 0 Å². The standard InChI is InChI=1S/C22H22ClNO6/c1-28-11-10-24-19(14-6-9-16(29-2)17(12-14)30-3)18(21(26)22(24)27)20(25)13-4-7-15(23)8-5-13/h4-9,12,19,25H,10-11H2,1-3H3.